The van der Waals surface area contributed by atoms with Crippen LogP contribution in [0.5, 0.6) is 5.88 Å². The first-order chi connectivity index (χ1) is 6.54. The average molecular weight is 266 g/mol. The first-order valence-corrected chi connectivity index (χ1v) is 4.41. The van der Waals surface area contributed by atoms with Crippen LogP contribution in [0.25, 0.3) is 0 Å². The Kier molecular flexibility index (Phi) is 3.51. The number of nitrogens with zero attached hydrogens (tertiary/aromatic N) is 1. The van der Waals surface area contributed by atoms with E-state index in [1.54, 1.807) is 13.0 Å². The normalized spacial score (nSPS) is 10.4. The number of ether oxygens (including phenoxy) is 1. The van der Waals surface area contributed by atoms with Crippen LogP contribution in [0.1, 0.15) is 15.9 Å². The minimum absolute atomic E-state index is 0.0356. The fourth-order valence-corrected chi connectivity index (χ4v) is 1.44. The molecule has 76 valence electrons. The fraction of sp³-hybridized carbons (Fsp3) is 0.250. The summed E-state index contributed by atoms with van der Waals surface area (Å²) in [5.74, 6) is -0.359. The van der Waals surface area contributed by atoms with Gasteiger partial charge in [-0.15, -0.1) is 0 Å². The lowest BCUT2D eigenvalue weighted by Crippen LogP contribution is -2.07. The smallest absolute Gasteiger partial charge is 0.388 e. The van der Waals surface area contributed by atoms with Gasteiger partial charge in [-0.3, -0.25) is 4.79 Å². The van der Waals surface area contributed by atoms with Crippen molar-refractivity contribution in [3.8, 4) is 5.88 Å². The van der Waals surface area contributed by atoms with Crippen LogP contribution in [-0.4, -0.2) is 17.9 Å². The number of hydrogen-bond donors (Lipinski definition) is 0. The Morgan fingerprint density at radius 2 is 2.29 bits per heavy atom. The van der Waals surface area contributed by atoms with Crippen molar-refractivity contribution in [1.29, 1.82) is 0 Å². The van der Waals surface area contributed by atoms with Gasteiger partial charge >= 0.3 is 6.61 Å². The molecule has 0 aromatic carbocycles. The molecule has 3 nitrogen and oxygen atoms in total. The third-order valence-electron chi connectivity index (χ3n) is 1.52. The highest BCUT2D eigenvalue weighted by Crippen LogP contribution is 2.23. The van der Waals surface area contributed by atoms with Crippen LogP contribution >= 0.6 is 15.9 Å². The number of carbonyl (C=O) groups excluding carboxylic acids is 1. The molecule has 0 fully saturated rings. The van der Waals surface area contributed by atoms with Gasteiger partial charge in [0.05, 0.1) is 5.56 Å². The van der Waals surface area contributed by atoms with Gasteiger partial charge in [-0.2, -0.15) is 8.78 Å². The van der Waals surface area contributed by atoms with Crippen molar-refractivity contribution in [1.82, 2.24) is 4.98 Å². The standard InChI is InChI=1S/C8H6BrF2NO2/c1-4-2-6(9)12-7(5(4)3-13)14-8(10)11/h2-3,8H,1H3. The van der Waals surface area contributed by atoms with Gasteiger partial charge in [-0.1, -0.05) is 0 Å². The van der Waals surface area contributed by atoms with Crippen molar-refractivity contribution in [3.63, 3.8) is 0 Å². The van der Waals surface area contributed by atoms with Gasteiger partial charge in [0.25, 0.3) is 0 Å². The molecule has 0 radical (unpaired) electrons. The second-order valence-corrected chi connectivity index (χ2v) is 3.29. The maximum atomic E-state index is 11.9. The Morgan fingerprint density at radius 1 is 1.64 bits per heavy atom. The van der Waals surface area contributed by atoms with Crippen molar-refractivity contribution in [2.75, 3.05) is 0 Å². The topological polar surface area (TPSA) is 39.2 Å². The number of halogens is 3. The number of rotatable bonds is 3. The van der Waals surface area contributed by atoms with E-state index in [0.29, 0.717) is 16.5 Å². The summed E-state index contributed by atoms with van der Waals surface area (Å²) in [5.41, 5.74) is 0.561. The van der Waals surface area contributed by atoms with Crippen molar-refractivity contribution in [3.05, 3.63) is 21.8 Å². The summed E-state index contributed by atoms with van der Waals surface area (Å²) < 4.78 is 28.2. The Hall–Kier alpha value is -1.04. The van der Waals surface area contributed by atoms with E-state index in [9.17, 15) is 13.6 Å². The van der Waals surface area contributed by atoms with Crippen LogP contribution in [-0.2, 0) is 0 Å². The fourth-order valence-electron chi connectivity index (χ4n) is 0.932. The maximum Gasteiger partial charge on any atom is 0.388 e. The molecular formula is C8H6BrF2NO2. The van der Waals surface area contributed by atoms with E-state index in [0.717, 1.165) is 0 Å². The Morgan fingerprint density at radius 3 is 2.79 bits per heavy atom. The largest absolute Gasteiger partial charge is 0.416 e. The zero-order valence-electron chi connectivity index (χ0n) is 7.13. The minimum Gasteiger partial charge on any atom is -0.416 e. The van der Waals surface area contributed by atoms with Crippen LogP contribution in [0.15, 0.2) is 10.7 Å². The van der Waals surface area contributed by atoms with Crippen molar-refractivity contribution >= 4 is 22.2 Å². The van der Waals surface area contributed by atoms with Crippen LogP contribution in [0.2, 0.25) is 0 Å². The van der Waals surface area contributed by atoms with E-state index in [2.05, 4.69) is 25.7 Å². The number of hydrogen-bond acceptors (Lipinski definition) is 3. The first-order valence-electron chi connectivity index (χ1n) is 3.61. The lowest BCUT2D eigenvalue weighted by molar-refractivity contribution is -0.0532. The van der Waals surface area contributed by atoms with Gasteiger partial charge in [-0.05, 0) is 34.5 Å². The summed E-state index contributed by atoms with van der Waals surface area (Å²) in [6.07, 6.45) is 0.437. The Bertz CT molecular complexity index is 357. The molecule has 0 N–H and O–H groups in total. The third-order valence-corrected chi connectivity index (χ3v) is 1.92. The molecule has 0 aliphatic carbocycles. The number of aryl methyl sites for hydroxylation is 1. The monoisotopic (exact) mass is 265 g/mol. The highest BCUT2D eigenvalue weighted by molar-refractivity contribution is 9.10. The summed E-state index contributed by atoms with van der Waals surface area (Å²) in [6.45, 7) is -1.39. The average Bonchev–Trinajstić information content (AvgIpc) is 2.01. The third kappa shape index (κ3) is 2.47. The van der Waals surface area contributed by atoms with Gasteiger partial charge in [-0.25, -0.2) is 4.98 Å². The molecule has 0 atom stereocenters. The van der Waals surface area contributed by atoms with Gasteiger partial charge in [0.1, 0.15) is 4.60 Å². The van der Waals surface area contributed by atoms with E-state index in [1.165, 1.54) is 0 Å². The highest BCUT2D eigenvalue weighted by atomic mass is 79.9. The Balaban J connectivity index is 3.17. The van der Waals surface area contributed by atoms with E-state index >= 15 is 0 Å². The van der Waals surface area contributed by atoms with Gasteiger partial charge in [0.15, 0.2) is 6.29 Å². The van der Waals surface area contributed by atoms with E-state index in [-0.39, 0.29) is 11.4 Å². The molecule has 0 unspecified atom stereocenters. The maximum absolute atomic E-state index is 11.9. The summed E-state index contributed by atoms with van der Waals surface area (Å²) in [7, 11) is 0. The van der Waals surface area contributed by atoms with E-state index in [1.807, 2.05) is 0 Å². The molecule has 6 heteroatoms. The molecule has 1 rings (SSSR count). The number of aromatic nitrogens is 1. The quantitative estimate of drug-likeness (QED) is 0.623. The molecule has 0 saturated heterocycles. The number of carbonyl (C=O) groups is 1. The molecule has 14 heavy (non-hydrogen) atoms. The lowest BCUT2D eigenvalue weighted by Gasteiger charge is -2.08. The molecule has 0 saturated carbocycles. The van der Waals surface area contributed by atoms with Crippen molar-refractivity contribution in [2.24, 2.45) is 0 Å². The SMILES string of the molecule is Cc1cc(Br)nc(OC(F)F)c1C=O. The lowest BCUT2D eigenvalue weighted by atomic mass is 10.2. The molecule has 0 spiro atoms. The first kappa shape index (κ1) is 11.0. The summed E-state index contributed by atoms with van der Waals surface area (Å²) in [6, 6.07) is 1.54. The molecule has 0 aliphatic rings. The van der Waals surface area contributed by atoms with Gasteiger partial charge < -0.3 is 4.74 Å². The van der Waals surface area contributed by atoms with Crippen LogP contribution in [0, 0.1) is 6.92 Å². The van der Waals surface area contributed by atoms with Crippen LogP contribution in [0.3, 0.4) is 0 Å². The minimum atomic E-state index is -2.99. The Labute approximate surface area is 87.2 Å². The van der Waals surface area contributed by atoms with E-state index in [4.69, 9.17) is 0 Å². The molecule has 1 heterocycles. The molecule has 0 bridgehead atoms. The summed E-state index contributed by atoms with van der Waals surface area (Å²) >= 11 is 3.01. The summed E-state index contributed by atoms with van der Waals surface area (Å²) in [5, 5.41) is 0. The zero-order chi connectivity index (χ0) is 10.7. The van der Waals surface area contributed by atoms with E-state index < -0.39 is 6.61 Å². The zero-order valence-corrected chi connectivity index (χ0v) is 8.72. The van der Waals surface area contributed by atoms with Crippen LogP contribution < -0.4 is 4.74 Å². The van der Waals surface area contributed by atoms with Crippen molar-refractivity contribution in [2.45, 2.75) is 13.5 Å². The molecule has 0 aliphatic heterocycles. The predicted molar refractivity (Wildman–Crippen MR) is 48.7 cm³/mol. The second kappa shape index (κ2) is 4.45. The van der Waals surface area contributed by atoms with Crippen LogP contribution in [0.4, 0.5) is 8.78 Å². The van der Waals surface area contributed by atoms with Crippen molar-refractivity contribution < 1.29 is 18.3 Å². The van der Waals surface area contributed by atoms with Gasteiger partial charge in [0.2, 0.25) is 5.88 Å². The number of pyridine rings is 1. The second-order valence-electron chi connectivity index (χ2n) is 2.48. The molecule has 1 aromatic rings. The number of aldehydes is 1. The summed E-state index contributed by atoms with van der Waals surface area (Å²) in [4.78, 5) is 14.2. The number of alkyl halides is 2. The molecule has 0 amide bonds. The van der Waals surface area contributed by atoms with Gasteiger partial charge in [0, 0.05) is 0 Å². The predicted octanol–water partition coefficient (Wildman–Crippen LogP) is 2.57. The highest BCUT2D eigenvalue weighted by Gasteiger charge is 2.13. The molecule has 1 aromatic heterocycles. The molecular weight excluding hydrogens is 260 g/mol.